The van der Waals surface area contributed by atoms with Gasteiger partial charge in [-0.05, 0) is 20.3 Å². The largest absolute Gasteiger partial charge is 0.379 e. The fraction of sp³-hybridized carbons (Fsp3) is 0.913. The standard InChI is InChI=1S/C23H47N3O8S2/c1-4-8-29-11-13-32-15-16-33-14-12-30-9-5-21(27)26-7-19-35-36-23(2,3)20-22(28)25-6-10-31-17-18-34-24/h4-20,24H2,1-3H3,(H,25,28)(H,26,27). The van der Waals surface area contributed by atoms with Gasteiger partial charge < -0.3 is 39.2 Å². The van der Waals surface area contributed by atoms with Crippen LogP contribution in [0.2, 0.25) is 0 Å². The molecule has 0 unspecified atom stereocenters. The van der Waals surface area contributed by atoms with Crippen LogP contribution in [0.3, 0.4) is 0 Å². The average Bonchev–Trinajstić information content (AvgIpc) is 2.83. The number of rotatable bonds is 27. The molecule has 0 aromatic carbocycles. The van der Waals surface area contributed by atoms with Gasteiger partial charge in [-0.3, -0.25) is 9.59 Å². The van der Waals surface area contributed by atoms with Gasteiger partial charge in [-0.2, -0.15) is 0 Å². The van der Waals surface area contributed by atoms with E-state index >= 15 is 0 Å². The second-order valence-corrected chi connectivity index (χ2v) is 11.3. The van der Waals surface area contributed by atoms with Crippen molar-refractivity contribution in [1.82, 2.24) is 10.6 Å². The van der Waals surface area contributed by atoms with Crippen molar-refractivity contribution in [2.75, 3.05) is 91.5 Å². The Labute approximate surface area is 224 Å². The predicted molar refractivity (Wildman–Crippen MR) is 144 cm³/mol. The summed E-state index contributed by atoms with van der Waals surface area (Å²) in [4.78, 5) is 28.4. The summed E-state index contributed by atoms with van der Waals surface area (Å²) in [5, 5.41) is 5.72. The lowest BCUT2D eigenvalue weighted by atomic mass is 10.1. The Morgan fingerprint density at radius 3 is 1.86 bits per heavy atom. The van der Waals surface area contributed by atoms with Gasteiger partial charge in [-0.15, -0.1) is 0 Å². The molecule has 0 radical (unpaired) electrons. The fourth-order valence-corrected chi connectivity index (χ4v) is 4.95. The Morgan fingerprint density at radius 2 is 1.25 bits per heavy atom. The highest BCUT2D eigenvalue weighted by Crippen LogP contribution is 2.37. The molecule has 0 spiro atoms. The van der Waals surface area contributed by atoms with Gasteiger partial charge >= 0.3 is 0 Å². The van der Waals surface area contributed by atoms with Crippen molar-refractivity contribution in [2.45, 2.75) is 44.8 Å². The van der Waals surface area contributed by atoms with E-state index in [0.29, 0.717) is 92.0 Å². The van der Waals surface area contributed by atoms with Crippen molar-refractivity contribution < 1.29 is 38.1 Å². The number of carbonyl (C=O) groups excluding carboxylic acids is 2. The second kappa shape index (κ2) is 26.0. The summed E-state index contributed by atoms with van der Waals surface area (Å²) in [7, 11) is 3.27. The van der Waals surface area contributed by atoms with Gasteiger partial charge in [0.1, 0.15) is 0 Å². The lowest BCUT2D eigenvalue weighted by Crippen LogP contribution is -2.32. The molecule has 36 heavy (non-hydrogen) atoms. The number of nitrogens with two attached hydrogens (primary N) is 1. The van der Waals surface area contributed by atoms with Crippen LogP contribution in [0.25, 0.3) is 0 Å². The molecule has 0 saturated carbocycles. The Hall–Kier alpha value is -0.640. The number of carbonyl (C=O) groups is 2. The number of hydrogen-bond acceptors (Lipinski definition) is 11. The minimum atomic E-state index is -0.224. The summed E-state index contributed by atoms with van der Waals surface area (Å²) in [5.41, 5.74) is 0. The van der Waals surface area contributed by atoms with Crippen LogP contribution in [-0.2, 0) is 38.1 Å². The SMILES string of the molecule is CCCOCCOCCOCCOCCC(=O)NCCSSC(C)(C)CC(=O)NCCOCCON. The molecule has 4 N–H and O–H groups in total. The minimum Gasteiger partial charge on any atom is -0.379 e. The summed E-state index contributed by atoms with van der Waals surface area (Å²) >= 11 is 0. The number of ether oxygens (including phenoxy) is 5. The van der Waals surface area contributed by atoms with Crippen LogP contribution in [0, 0.1) is 0 Å². The van der Waals surface area contributed by atoms with Crippen LogP contribution in [0.5, 0.6) is 0 Å². The first-order valence-corrected chi connectivity index (χ1v) is 14.8. The quantitative estimate of drug-likeness (QED) is 0.0770. The summed E-state index contributed by atoms with van der Waals surface area (Å²) < 4.78 is 26.6. The van der Waals surface area contributed by atoms with E-state index in [1.54, 1.807) is 21.6 Å². The van der Waals surface area contributed by atoms with Crippen molar-refractivity contribution in [3.63, 3.8) is 0 Å². The van der Waals surface area contributed by atoms with E-state index in [0.717, 1.165) is 18.8 Å². The molecule has 13 heteroatoms. The van der Waals surface area contributed by atoms with Crippen LogP contribution >= 0.6 is 21.6 Å². The van der Waals surface area contributed by atoms with E-state index in [9.17, 15) is 9.59 Å². The third-order valence-electron chi connectivity index (χ3n) is 4.23. The summed E-state index contributed by atoms with van der Waals surface area (Å²) in [5.74, 6) is 5.59. The number of nitrogens with one attached hydrogen (secondary N) is 2. The second-order valence-electron chi connectivity index (χ2n) is 8.22. The van der Waals surface area contributed by atoms with Gasteiger partial charge in [0.2, 0.25) is 11.8 Å². The zero-order valence-electron chi connectivity index (χ0n) is 22.2. The van der Waals surface area contributed by atoms with Crippen molar-refractivity contribution in [3.8, 4) is 0 Å². The fourth-order valence-electron chi connectivity index (χ4n) is 2.54. The molecule has 0 aliphatic rings. The van der Waals surface area contributed by atoms with Gasteiger partial charge in [0.25, 0.3) is 0 Å². The zero-order valence-corrected chi connectivity index (χ0v) is 23.8. The van der Waals surface area contributed by atoms with Crippen molar-refractivity contribution in [1.29, 1.82) is 0 Å². The average molecular weight is 558 g/mol. The molecule has 214 valence electrons. The molecule has 0 aromatic heterocycles. The summed E-state index contributed by atoms with van der Waals surface area (Å²) in [6.07, 6.45) is 1.72. The van der Waals surface area contributed by atoms with E-state index in [4.69, 9.17) is 29.6 Å². The highest BCUT2D eigenvalue weighted by atomic mass is 33.1. The highest BCUT2D eigenvalue weighted by molar-refractivity contribution is 8.77. The molecule has 0 fully saturated rings. The molecular formula is C23H47N3O8S2. The molecule has 2 amide bonds. The molecule has 0 aromatic rings. The molecule has 0 saturated heterocycles. The van der Waals surface area contributed by atoms with Crippen LogP contribution in [0.1, 0.15) is 40.0 Å². The monoisotopic (exact) mass is 557 g/mol. The van der Waals surface area contributed by atoms with Crippen molar-refractivity contribution in [3.05, 3.63) is 0 Å². The van der Waals surface area contributed by atoms with Crippen molar-refractivity contribution in [2.24, 2.45) is 5.90 Å². The first kappa shape index (κ1) is 35.4. The molecule has 0 aliphatic carbocycles. The van der Waals surface area contributed by atoms with E-state index in [-0.39, 0.29) is 16.6 Å². The van der Waals surface area contributed by atoms with E-state index in [1.165, 1.54) is 0 Å². The maximum Gasteiger partial charge on any atom is 0.222 e. The topological polar surface area (TPSA) is 140 Å². The van der Waals surface area contributed by atoms with Gasteiger partial charge in [0.05, 0.1) is 66.1 Å². The normalized spacial score (nSPS) is 11.6. The number of amides is 2. The predicted octanol–water partition coefficient (Wildman–Crippen LogP) is 1.54. The first-order valence-electron chi connectivity index (χ1n) is 12.5. The first-order chi connectivity index (χ1) is 17.4. The van der Waals surface area contributed by atoms with Crippen LogP contribution in [-0.4, -0.2) is 108 Å². The van der Waals surface area contributed by atoms with E-state index < -0.39 is 0 Å². The van der Waals surface area contributed by atoms with E-state index in [1.807, 2.05) is 13.8 Å². The molecule has 0 rings (SSSR count). The Kier molecular flexibility index (Phi) is 25.5. The zero-order chi connectivity index (χ0) is 26.7. The summed E-state index contributed by atoms with van der Waals surface area (Å²) in [6.45, 7) is 12.5. The Morgan fingerprint density at radius 1 is 0.722 bits per heavy atom. The van der Waals surface area contributed by atoms with Crippen LogP contribution < -0.4 is 16.5 Å². The Balaban J connectivity index is 3.50. The molecule has 0 aliphatic heterocycles. The molecular weight excluding hydrogens is 510 g/mol. The third kappa shape index (κ3) is 26.4. The minimum absolute atomic E-state index is 0.0216. The maximum atomic E-state index is 12.1. The molecule has 11 nitrogen and oxygen atoms in total. The van der Waals surface area contributed by atoms with Gasteiger partial charge in [0, 0.05) is 43.0 Å². The van der Waals surface area contributed by atoms with Crippen molar-refractivity contribution >= 4 is 33.4 Å². The molecule has 0 atom stereocenters. The van der Waals surface area contributed by atoms with Gasteiger partial charge in [-0.1, -0.05) is 28.5 Å². The highest BCUT2D eigenvalue weighted by Gasteiger charge is 2.23. The van der Waals surface area contributed by atoms with Crippen LogP contribution in [0.4, 0.5) is 0 Å². The van der Waals surface area contributed by atoms with E-state index in [2.05, 4.69) is 22.4 Å². The third-order valence-corrected chi connectivity index (χ3v) is 7.52. The lowest BCUT2D eigenvalue weighted by molar-refractivity contribution is -0.122. The number of hydrogen-bond donors (Lipinski definition) is 3. The van der Waals surface area contributed by atoms with Gasteiger partial charge in [0.15, 0.2) is 0 Å². The summed E-state index contributed by atoms with van der Waals surface area (Å²) in [6, 6.07) is 0. The molecule has 0 bridgehead atoms. The maximum absolute atomic E-state index is 12.1. The lowest BCUT2D eigenvalue weighted by Gasteiger charge is -2.22. The smallest absolute Gasteiger partial charge is 0.222 e. The molecule has 0 heterocycles. The Bertz CT molecular complexity index is 534. The van der Waals surface area contributed by atoms with Crippen LogP contribution in [0.15, 0.2) is 0 Å². The van der Waals surface area contributed by atoms with Gasteiger partial charge in [-0.25, -0.2) is 5.90 Å².